The van der Waals surface area contributed by atoms with Gasteiger partial charge in [-0.15, -0.1) is 0 Å². The van der Waals surface area contributed by atoms with Crippen LogP contribution in [0, 0.1) is 5.92 Å². The number of hydrogen-bond donors (Lipinski definition) is 1. The van der Waals surface area contributed by atoms with E-state index in [1.54, 1.807) is 12.1 Å². The maximum absolute atomic E-state index is 10.5. The molecule has 0 aliphatic carbocycles. The molecule has 1 aromatic rings. The van der Waals surface area contributed by atoms with Gasteiger partial charge in [0.05, 0.1) is 12.1 Å². The van der Waals surface area contributed by atoms with Gasteiger partial charge in [0.25, 0.3) is 0 Å². The summed E-state index contributed by atoms with van der Waals surface area (Å²) in [6.07, 6.45) is 4.64. The molecule has 0 amide bonds. The minimum Gasteiger partial charge on any atom is -0.481 e. The lowest BCUT2D eigenvalue weighted by Gasteiger charge is -2.03. The molecule has 102 valence electrons. The van der Waals surface area contributed by atoms with Gasteiger partial charge in [-0.05, 0) is 43.2 Å². The van der Waals surface area contributed by atoms with Crippen molar-refractivity contribution in [3.8, 4) is 0 Å². The Balaban J connectivity index is 2.46. The zero-order valence-electron chi connectivity index (χ0n) is 11.4. The number of carboxylic acid groups (broad SMARTS) is 1. The number of aliphatic imine (C=N–C) groups is 2. The molecule has 0 aliphatic heterocycles. The summed E-state index contributed by atoms with van der Waals surface area (Å²) >= 11 is 0. The van der Waals surface area contributed by atoms with Gasteiger partial charge in [0.1, 0.15) is 0 Å². The van der Waals surface area contributed by atoms with Crippen LogP contribution in [0.25, 0.3) is 0 Å². The second kappa shape index (κ2) is 8.19. The standard InChI is InChI=1S/C15H20N2O2/c1-3-16-11-12(2)8-9-17-14-6-4-13(5-7-14)10-15(18)19/h3-7,9,12H,8,10-11H2,1-2H3,(H,18,19). The van der Waals surface area contributed by atoms with E-state index in [4.69, 9.17) is 5.11 Å². The van der Waals surface area contributed by atoms with E-state index in [9.17, 15) is 4.79 Å². The molecule has 0 heterocycles. The molecule has 0 spiro atoms. The number of aliphatic carboxylic acids is 1. The Bertz CT molecular complexity index is 450. The molecule has 0 saturated carbocycles. The van der Waals surface area contributed by atoms with Crippen LogP contribution in [-0.2, 0) is 11.2 Å². The quantitative estimate of drug-likeness (QED) is 0.765. The number of nitrogens with zero attached hydrogens (tertiary/aromatic N) is 2. The van der Waals surface area contributed by atoms with Crippen LogP contribution < -0.4 is 0 Å². The van der Waals surface area contributed by atoms with E-state index < -0.39 is 5.97 Å². The zero-order valence-corrected chi connectivity index (χ0v) is 11.4. The Kier molecular flexibility index (Phi) is 6.50. The first-order chi connectivity index (χ1) is 9.11. The molecule has 1 N–H and O–H groups in total. The van der Waals surface area contributed by atoms with Gasteiger partial charge < -0.3 is 5.11 Å². The van der Waals surface area contributed by atoms with Crippen molar-refractivity contribution in [2.75, 3.05) is 6.54 Å². The summed E-state index contributed by atoms with van der Waals surface area (Å²) in [5.41, 5.74) is 1.64. The largest absolute Gasteiger partial charge is 0.481 e. The molecule has 1 atom stereocenters. The zero-order chi connectivity index (χ0) is 14.1. The molecular formula is C15H20N2O2. The van der Waals surface area contributed by atoms with Crippen LogP contribution in [0.5, 0.6) is 0 Å². The van der Waals surface area contributed by atoms with Crippen molar-refractivity contribution >= 4 is 24.1 Å². The van der Waals surface area contributed by atoms with Crippen molar-refractivity contribution in [3.63, 3.8) is 0 Å². The van der Waals surface area contributed by atoms with Crippen LogP contribution in [-0.4, -0.2) is 30.0 Å². The van der Waals surface area contributed by atoms with E-state index in [0.29, 0.717) is 5.92 Å². The maximum Gasteiger partial charge on any atom is 0.307 e. The van der Waals surface area contributed by atoms with E-state index in [-0.39, 0.29) is 6.42 Å². The first-order valence-electron chi connectivity index (χ1n) is 6.39. The smallest absolute Gasteiger partial charge is 0.307 e. The highest BCUT2D eigenvalue weighted by molar-refractivity contribution is 5.70. The fourth-order valence-corrected chi connectivity index (χ4v) is 1.57. The van der Waals surface area contributed by atoms with Gasteiger partial charge in [0.15, 0.2) is 0 Å². The second-order valence-electron chi connectivity index (χ2n) is 4.51. The van der Waals surface area contributed by atoms with E-state index in [1.807, 2.05) is 31.5 Å². The van der Waals surface area contributed by atoms with Gasteiger partial charge in [0, 0.05) is 12.8 Å². The first kappa shape index (κ1) is 15.1. The summed E-state index contributed by atoms with van der Waals surface area (Å²) in [6, 6.07) is 7.27. The molecule has 0 saturated heterocycles. The molecule has 0 aliphatic rings. The van der Waals surface area contributed by atoms with Crippen molar-refractivity contribution in [1.29, 1.82) is 0 Å². The third kappa shape index (κ3) is 6.50. The Morgan fingerprint density at radius 3 is 2.63 bits per heavy atom. The van der Waals surface area contributed by atoms with E-state index in [0.717, 1.165) is 24.2 Å². The van der Waals surface area contributed by atoms with Crippen LogP contribution in [0.15, 0.2) is 34.3 Å². The normalized spacial score (nSPS) is 13.2. The SMILES string of the molecule is CC=NCC(C)CC=Nc1ccc(CC(=O)O)cc1. The monoisotopic (exact) mass is 260 g/mol. The minimum absolute atomic E-state index is 0.0516. The molecule has 4 nitrogen and oxygen atoms in total. The summed E-state index contributed by atoms with van der Waals surface area (Å²) in [6.45, 7) is 4.87. The molecule has 4 heteroatoms. The molecule has 1 aromatic carbocycles. The summed E-state index contributed by atoms with van der Waals surface area (Å²) in [5.74, 6) is -0.340. The van der Waals surface area contributed by atoms with Crippen LogP contribution in [0.1, 0.15) is 25.8 Å². The third-order valence-electron chi connectivity index (χ3n) is 2.64. The average Bonchev–Trinajstić information content (AvgIpc) is 2.38. The highest BCUT2D eigenvalue weighted by atomic mass is 16.4. The third-order valence-corrected chi connectivity index (χ3v) is 2.64. The van der Waals surface area contributed by atoms with Gasteiger partial charge in [-0.25, -0.2) is 0 Å². The minimum atomic E-state index is -0.818. The van der Waals surface area contributed by atoms with Gasteiger partial charge in [-0.1, -0.05) is 19.1 Å². The topological polar surface area (TPSA) is 62.0 Å². The van der Waals surface area contributed by atoms with E-state index in [2.05, 4.69) is 16.9 Å². The summed E-state index contributed by atoms with van der Waals surface area (Å²) < 4.78 is 0. The van der Waals surface area contributed by atoms with Gasteiger partial charge in [-0.3, -0.25) is 14.8 Å². The molecule has 19 heavy (non-hydrogen) atoms. The van der Waals surface area contributed by atoms with Crippen LogP contribution >= 0.6 is 0 Å². The highest BCUT2D eigenvalue weighted by Gasteiger charge is 2.00. The molecule has 0 aromatic heterocycles. The van der Waals surface area contributed by atoms with Gasteiger partial charge in [-0.2, -0.15) is 0 Å². The van der Waals surface area contributed by atoms with E-state index in [1.165, 1.54) is 0 Å². The molecular weight excluding hydrogens is 240 g/mol. The summed E-state index contributed by atoms with van der Waals surface area (Å²) in [4.78, 5) is 19.1. The lowest BCUT2D eigenvalue weighted by Crippen LogP contribution is -2.00. The van der Waals surface area contributed by atoms with Crippen molar-refractivity contribution in [2.24, 2.45) is 15.9 Å². The van der Waals surface area contributed by atoms with Crippen molar-refractivity contribution in [2.45, 2.75) is 26.7 Å². The lowest BCUT2D eigenvalue weighted by atomic mass is 10.1. The Morgan fingerprint density at radius 2 is 2.05 bits per heavy atom. The molecule has 1 unspecified atom stereocenters. The average molecular weight is 260 g/mol. The van der Waals surface area contributed by atoms with Crippen molar-refractivity contribution < 1.29 is 9.90 Å². The lowest BCUT2D eigenvalue weighted by molar-refractivity contribution is -0.136. The number of carboxylic acids is 1. The predicted octanol–water partition coefficient (Wildman–Crippen LogP) is 3.13. The molecule has 0 fully saturated rings. The van der Waals surface area contributed by atoms with Crippen molar-refractivity contribution in [1.82, 2.24) is 0 Å². The molecule has 1 rings (SSSR count). The van der Waals surface area contributed by atoms with Crippen LogP contribution in [0.3, 0.4) is 0 Å². The number of carbonyl (C=O) groups is 1. The fraction of sp³-hybridized carbons (Fsp3) is 0.400. The summed E-state index contributed by atoms with van der Waals surface area (Å²) in [7, 11) is 0. The molecule has 0 bridgehead atoms. The van der Waals surface area contributed by atoms with Crippen LogP contribution in [0.2, 0.25) is 0 Å². The highest BCUT2D eigenvalue weighted by Crippen LogP contribution is 2.13. The fourth-order valence-electron chi connectivity index (χ4n) is 1.57. The predicted molar refractivity (Wildman–Crippen MR) is 78.7 cm³/mol. The molecule has 0 radical (unpaired) electrons. The number of benzene rings is 1. The number of hydrogen-bond acceptors (Lipinski definition) is 3. The Hall–Kier alpha value is -1.97. The Labute approximate surface area is 113 Å². The van der Waals surface area contributed by atoms with E-state index >= 15 is 0 Å². The van der Waals surface area contributed by atoms with Crippen molar-refractivity contribution in [3.05, 3.63) is 29.8 Å². The summed E-state index contributed by atoms with van der Waals surface area (Å²) in [5, 5.41) is 8.67. The number of rotatable bonds is 7. The van der Waals surface area contributed by atoms with Gasteiger partial charge >= 0.3 is 5.97 Å². The maximum atomic E-state index is 10.5. The van der Waals surface area contributed by atoms with Crippen LogP contribution in [0.4, 0.5) is 5.69 Å². The van der Waals surface area contributed by atoms with Gasteiger partial charge in [0.2, 0.25) is 0 Å². The second-order valence-corrected chi connectivity index (χ2v) is 4.51. The first-order valence-corrected chi connectivity index (χ1v) is 6.39. The Morgan fingerprint density at radius 1 is 1.37 bits per heavy atom.